The van der Waals surface area contributed by atoms with E-state index in [1.165, 1.54) is 26.0 Å². The molecule has 0 N–H and O–H groups in total. The molecule has 5 nitrogen and oxygen atoms in total. The van der Waals surface area contributed by atoms with Gasteiger partial charge >= 0.3 is 5.97 Å². The van der Waals surface area contributed by atoms with E-state index in [0.29, 0.717) is 24.0 Å². The maximum absolute atomic E-state index is 14.2. The Kier molecular flexibility index (Phi) is 5.93. The molecule has 0 unspecified atom stereocenters. The summed E-state index contributed by atoms with van der Waals surface area (Å²) in [6.45, 7) is 0.884. The predicted octanol–water partition coefficient (Wildman–Crippen LogP) is 5.04. The lowest BCUT2D eigenvalue weighted by Crippen LogP contribution is -2.02. The molecule has 0 radical (unpaired) electrons. The average molecular weight is 407 g/mol. The predicted molar refractivity (Wildman–Crippen MR) is 110 cm³/mol. The van der Waals surface area contributed by atoms with E-state index < -0.39 is 11.8 Å². The van der Waals surface area contributed by atoms with Crippen molar-refractivity contribution >= 4 is 5.97 Å². The van der Waals surface area contributed by atoms with Crippen LogP contribution in [0.1, 0.15) is 28.8 Å². The Morgan fingerprint density at radius 2 is 1.80 bits per heavy atom. The smallest absolute Gasteiger partial charge is 0.337 e. The number of nitrogens with zero attached hydrogens (tertiary/aromatic N) is 1. The summed E-state index contributed by atoms with van der Waals surface area (Å²) in [5, 5.41) is 0. The van der Waals surface area contributed by atoms with Crippen molar-refractivity contribution in [1.82, 2.24) is 4.98 Å². The van der Waals surface area contributed by atoms with E-state index in [-0.39, 0.29) is 12.4 Å². The number of aromatic nitrogens is 1. The molecule has 1 fully saturated rings. The van der Waals surface area contributed by atoms with E-state index in [1.807, 2.05) is 12.1 Å². The summed E-state index contributed by atoms with van der Waals surface area (Å²) >= 11 is 0. The summed E-state index contributed by atoms with van der Waals surface area (Å²) in [4.78, 5) is 15.8. The molecule has 0 spiro atoms. The summed E-state index contributed by atoms with van der Waals surface area (Å²) in [6.07, 6.45) is 4.17. The molecule has 0 aliphatic heterocycles. The summed E-state index contributed by atoms with van der Waals surface area (Å²) in [5.74, 6) is 0.569. The van der Waals surface area contributed by atoms with Gasteiger partial charge in [-0.3, -0.25) is 0 Å². The number of carbonyl (C=O) groups excluding carboxylic acids is 1. The number of benzene rings is 2. The van der Waals surface area contributed by atoms with Crippen LogP contribution in [0.15, 0.2) is 60.8 Å². The first-order chi connectivity index (χ1) is 14.6. The summed E-state index contributed by atoms with van der Waals surface area (Å²) in [7, 11) is 1.33. The third-order valence-corrected chi connectivity index (χ3v) is 4.93. The lowest BCUT2D eigenvalue weighted by atomic mass is 10.1. The summed E-state index contributed by atoms with van der Waals surface area (Å²) in [5.41, 5.74) is 2.91. The normalized spacial score (nSPS) is 13.0. The van der Waals surface area contributed by atoms with Crippen molar-refractivity contribution in [2.24, 2.45) is 5.92 Å². The molecule has 2 aromatic carbocycles. The average Bonchev–Trinajstić information content (AvgIpc) is 3.62. The van der Waals surface area contributed by atoms with Crippen LogP contribution in [0, 0.1) is 11.7 Å². The molecule has 3 aromatic rings. The van der Waals surface area contributed by atoms with E-state index >= 15 is 0 Å². The second-order valence-electron chi connectivity index (χ2n) is 7.26. The topological polar surface area (TPSA) is 57.7 Å². The molecule has 0 amide bonds. The summed E-state index contributed by atoms with van der Waals surface area (Å²) in [6, 6.07) is 15.2. The van der Waals surface area contributed by atoms with Gasteiger partial charge in [-0.25, -0.2) is 14.2 Å². The number of ether oxygens (including phenoxy) is 3. The minimum atomic E-state index is -0.442. The molecule has 30 heavy (non-hydrogen) atoms. The van der Waals surface area contributed by atoms with Crippen LogP contribution in [0.3, 0.4) is 0 Å². The molecule has 0 atom stereocenters. The maximum atomic E-state index is 14.2. The zero-order chi connectivity index (χ0) is 20.9. The minimum absolute atomic E-state index is 0.151. The number of pyridine rings is 1. The molecule has 154 valence electrons. The Hall–Kier alpha value is -3.41. The van der Waals surface area contributed by atoms with Gasteiger partial charge in [-0.2, -0.15) is 0 Å². The molecule has 0 saturated heterocycles. The van der Waals surface area contributed by atoms with E-state index in [4.69, 9.17) is 9.47 Å². The van der Waals surface area contributed by atoms with Crippen LogP contribution in [-0.4, -0.2) is 24.7 Å². The van der Waals surface area contributed by atoms with Gasteiger partial charge in [0.1, 0.15) is 6.61 Å². The van der Waals surface area contributed by atoms with Crippen molar-refractivity contribution in [3.63, 3.8) is 0 Å². The van der Waals surface area contributed by atoms with Gasteiger partial charge in [0.25, 0.3) is 0 Å². The highest BCUT2D eigenvalue weighted by Gasteiger charge is 2.22. The van der Waals surface area contributed by atoms with Crippen LogP contribution < -0.4 is 9.47 Å². The van der Waals surface area contributed by atoms with E-state index in [0.717, 1.165) is 16.7 Å². The van der Waals surface area contributed by atoms with E-state index in [2.05, 4.69) is 9.72 Å². The Morgan fingerprint density at radius 3 is 2.47 bits per heavy atom. The van der Waals surface area contributed by atoms with E-state index in [9.17, 15) is 9.18 Å². The van der Waals surface area contributed by atoms with Gasteiger partial charge in [-0.05, 0) is 60.2 Å². The third-order valence-electron chi connectivity index (χ3n) is 4.93. The second kappa shape index (κ2) is 8.95. The van der Waals surface area contributed by atoms with Gasteiger partial charge in [-0.1, -0.05) is 18.2 Å². The van der Waals surface area contributed by atoms with Crippen LogP contribution in [0.5, 0.6) is 11.6 Å². The fourth-order valence-corrected chi connectivity index (χ4v) is 2.93. The van der Waals surface area contributed by atoms with Crippen LogP contribution in [0.4, 0.5) is 4.39 Å². The fraction of sp³-hybridized carbons (Fsp3) is 0.250. The Balaban J connectivity index is 1.41. The van der Waals surface area contributed by atoms with Crippen LogP contribution in [-0.2, 0) is 11.3 Å². The standard InChI is InChI=1S/C24H22FNO4/c1-28-24(27)18-6-4-17(5-7-18)14-29-22-12-19(8-10-21(22)25)20-9-11-23(26-13-20)30-15-16-2-3-16/h4-13,16H,2-3,14-15H2,1H3. The first-order valence-electron chi connectivity index (χ1n) is 9.81. The Bertz CT molecular complexity index is 1010. The van der Waals surface area contributed by atoms with Crippen molar-refractivity contribution in [2.45, 2.75) is 19.4 Å². The quantitative estimate of drug-likeness (QED) is 0.490. The van der Waals surface area contributed by atoms with Gasteiger partial charge < -0.3 is 14.2 Å². The lowest BCUT2D eigenvalue weighted by molar-refractivity contribution is 0.0600. The number of esters is 1. The maximum Gasteiger partial charge on any atom is 0.337 e. The number of methoxy groups -OCH3 is 1. The largest absolute Gasteiger partial charge is 0.486 e. The number of carbonyl (C=O) groups is 1. The lowest BCUT2D eigenvalue weighted by Gasteiger charge is -2.10. The van der Waals surface area contributed by atoms with Crippen LogP contribution >= 0.6 is 0 Å². The van der Waals surface area contributed by atoms with Crippen molar-refractivity contribution < 1.29 is 23.4 Å². The number of hydrogen-bond donors (Lipinski definition) is 0. The fourth-order valence-electron chi connectivity index (χ4n) is 2.93. The number of hydrogen-bond acceptors (Lipinski definition) is 5. The van der Waals surface area contributed by atoms with Crippen molar-refractivity contribution in [2.75, 3.05) is 13.7 Å². The van der Waals surface area contributed by atoms with Gasteiger partial charge in [0.05, 0.1) is 19.3 Å². The second-order valence-corrected chi connectivity index (χ2v) is 7.26. The molecule has 6 heteroatoms. The zero-order valence-corrected chi connectivity index (χ0v) is 16.6. The molecule has 1 saturated carbocycles. The highest BCUT2D eigenvalue weighted by molar-refractivity contribution is 5.89. The number of halogens is 1. The molecule has 0 bridgehead atoms. The van der Waals surface area contributed by atoms with Crippen molar-refractivity contribution in [1.29, 1.82) is 0 Å². The molecule has 1 aliphatic carbocycles. The molecular weight excluding hydrogens is 385 g/mol. The molecule has 1 aliphatic rings. The van der Waals surface area contributed by atoms with E-state index in [1.54, 1.807) is 42.6 Å². The van der Waals surface area contributed by atoms with Gasteiger partial charge in [0, 0.05) is 17.8 Å². The van der Waals surface area contributed by atoms with Crippen molar-refractivity contribution in [3.05, 3.63) is 77.7 Å². The monoisotopic (exact) mass is 407 g/mol. The first-order valence-corrected chi connectivity index (χ1v) is 9.81. The minimum Gasteiger partial charge on any atom is -0.486 e. The highest BCUT2D eigenvalue weighted by Crippen LogP contribution is 2.30. The number of rotatable bonds is 8. The van der Waals surface area contributed by atoms with Gasteiger partial charge in [0.2, 0.25) is 5.88 Å². The van der Waals surface area contributed by atoms with Crippen molar-refractivity contribution in [3.8, 4) is 22.8 Å². The molecule has 4 rings (SSSR count). The van der Waals surface area contributed by atoms with Crippen LogP contribution in [0.25, 0.3) is 11.1 Å². The van der Waals surface area contributed by atoms with Gasteiger partial charge in [-0.15, -0.1) is 0 Å². The molecular formula is C24H22FNO4. The molecule has 1 aromatic heterocycles. The summed E-state index contributed by atoms with van der Waals surface area (Å²) < 4.78 is 30.2. The third kappa shape index (κ3) is 4.95. The van der Waals surface area contributed by atoms with Crippen LogP contribution in [0.2, 0.25) is 0 Å². The highest BCUT2D eigenvalue weighted by atomic mass is 19.1. The van der Waals surface area contributed by atoms with Gasteiger partial charge in [0.15, 0.2) is 11.6 Å². The first kappa shape index (κ1) is 19.9. The SMILES string of the molecule is COC(=O)c1ccc(COc2cc(-c3ccc(OCC4CC4)nc3)ccc2F)cc1. The molecule has 1 heterocycles. The Labute approximate surface area is 174 Å². The Morgan fingerprint density at radius 1 is 1.03 bits per heavy atom. The zero-order valence-electron chi connectivity index (χ0n) is 16.6.